The van der Waals surface area contributed by atoms with Crippen LogP contribution in [0.2, 0.25) is 5.02 Å². The lowest BCUT2D eigenvalue weighted by atomic mass is 10.1. The van der Waals surface area contributed by atoms with Crippen LogP contribution in [0.25, 0.3) is 10.9 Å². The summed E-state index contributed by atoms with van der Waals surface area (Å²) in [5.41, 5.74) is 1.33. The van der Waals surface area contributed by atoms with Gasteiger partial charge in [-0.05, 0) is 12.0 Å². The largest absolute Gasteiger partial charge is 0.391 e. The predicted molar refractivity (Wildman–Crippen MR) is 81.1 cm³/mol. The zero-order valence-corrected chi connectivity index (χ0v) is 12.6. The van der Waals surface area contributed by atoms with Gasteiger partial charge in [0.2, 0.25) is 0 Å². The van der Waals surface area contributed by atoms with Gasteiger partial charge in [-0.2, -0.15) is 0 Å². The number of nitrogens with one attached hydrogen (secondary N) is 1. The van der Waals surface area contributed by atoms with Gasteiger partial charge in [0.15, 0.2) is 0 Å². The molecule has 0 fully saturated rings. The van der Waals surface area contributed by atoms with Crippen molar-refractivity contribution in [3.63, 3.8) is 0 Å². The number of halogens is 1. The standard InChI is InChI=1S/C15H19ClN2O2/c1-9(2)12(19)8-17-15(20)14-13(16)10-6-4-5-7-11(10)18(14)3/h4-7,9,12,19H,8H2,1-3H3,(H,17,20). The molecule has 2 rings (SSSR count). The molecule has 0 saturated heterocycles. The van der Waals surface area contributed by atoms with Crippen LogP contribution in [0.5, 0.6) is 0 Å². The smallest absolute Gasteiger partial charge is 0.269 e. The van der Waals surface area contributed by atoms with E-state index in [1.807, 2.05) is 45.2 Å². The second-order valence-corrected chi connectivity index (χ2v) is 5.64. The number of carbonyl (C=O) groups excluding carboxylic acids is 1. The van der Waals surface area contributed by atoms with E-state index >= 15 is 0 Å². The van der Waals surface area contributed by atoms with E-state index in [2.05, 4.69) is 5.32 Å². The summed E-state index contributed by atoms with van der Waals surface area (Å²) >= 11 is 6.29. The average Bonchev–Trinajstić information content (AvgIpc) is 2.68. The van der Waals surface area contributed by atoms with Crippen molar-refractivity contribution in [3.8, 4) is 0 Å². The second kappa shape index (κ2) is 5.85. The maximum absolute atomic E-state index is 12.3. The normalized spacial score (nSPS) is 12.9. The highest BCUT2D eigenvalue weighted by atomic mass is 35.5. The number of hydrogen-bond acceptors (Lipinski definition) is 2. The molecular weight excluding hydrogens is 276 g/mol. The Labute approximate surface area is 123 Å². The van der Waals surface area contributed by atoms with E-state index in [1.54, 1.807) is 4.57 Å². The Balaban J connectivity index is 2.27. The maximum Gasteiger partial charge on any atom is 0.269 e. The molecule has 0 spiro atoms. The molecular formula is C15H19ClN2O2. The van der Waals surface area contributed by atoms with E-state index in [0.29, 0.717) is 10.7 Å². The molecule has 0 radical (unpaired) electrons. The van der Waals surface area contributed by atoms with Crippen molar-refractivity contribution in [1.29, 1.82) is 0 Å². The van der Waals surface area contributed by atoms with E-state index < -0.39 is 6.10 Å². The summed E-state index contributed by atoms with van der Waals surface area (Å²) in [5.74, 6) is -0.174. The Kier molecular flexibility index (Phi) is 4.35. The van der Waals surface area contributed by atoms with Gasteiger partial charge in [-0.15, -0.1) is 0 Å². The number of para-hydroxylation sites is 1. The number of rotatable bonds is 4. The summed E-state index contributed by atoms with van der Waals surface area (Å²) in [7, 11) is 1.81. The van der Waals surface area contributed by atoms with Crippen LogP contribution in [0, 0.1) is 5.92 Å². The molecule has 0 aliphatic rings. The third-order valence-corrected chi connectivity index (χ3v) is 3.88. The Bertz CT molecular complexity index is 595. The number of hydrogen-bond donors (Lipinski definition) is 2. The van der Waals surface area contributed by atoms with Crippen LogP contribution in [0.15, 0.2) is 24.3 Å². The van der Waals surface area contributed by atoms with Gasteiger partial charge in [-0.1, -0.05) is 43.6 Å². The average molecular weight is 295 g/mol. The van der Waals surface area contributed by atoms with Crippen LogP contribution in [-0.2, 0) is 7.05 Å². The van der Waals surface area contributed by atoms with Crippen LogP contribution in [0.4, 0.5) is 0 Å². The van der Waals surface area contributed by atoms with E-state index in [1.165, 1.54) is 0 Å². The highest BCUT2D eigenvalue weighted by Gasteiger charge is 2.20. The molecule has 0 aliphatic heterocycles. The molecule has 2 N–H and O–H groups in total. The lowest BCUT2D eigenvalue weighted by molar-refractivity contribution is 0.0865. The topological polar surface area (TPSA) is 54.3 Å². The molecule has 1 aromatic heterocycles. The molecule has 5 heteroatoms. The minimum absolute atomic E-state index is 0.0956. The molecule has 4 nitrogen and oxygen atoms in total. The molecule has 0 saturated carbocycles. The first kappa shape index (κ1) is 14.9. The summed E-state index contributed by atoms with van der Waals surface area (Å²) in [6.45, 7) is 4.02. The number of aliphatic hydroxyl groups is 1. The number of nitrogens with zero attached hydrogens (tertiary/aromatic N) is 1. The highest BCUT2D eigenvalue weighted by Crippen LogP contribution is 2.29. The quantitative estimate of drug-likeness (QED) is 0.910. The Morgan fingerprint density at radius 3 is 2.65 bits per heavy atom. The van der Waals surface area contributed by atoms with Gasteiger partial charge in [-0.3, -0.25) is 4.79 Å². The van der Waals surface area contributed by atoms with Crippen molar-refractivity contribution in [2.75, 3.05) is 6.54 Å². The van der Waals surface area contributed by atoms with Crippen molar-refractivity contribution < 1.29 is 9.90 Å². The molecule has 0 aliphatic carbocycles. The summed E-state index contributed by atoms with van der Waals surface area (Å²) in [6.07, 6.45) is -0.563. The van der Waals surface area contributed by atoms with Crippen LogP contribution in [-0.4, -0.2) is 28.2 Å². The summed E-state index contributed by atoms with van der Waals surface area (Å²) in [4.78, 5) is 12.3. The zero-order valence-electron chi connectivity index (χ0n) is 11.9. The molecule has 20 heavy (non-hydrogen) atoms. The number of amides is 1. The van der Waals surface area contributed by atoms with Crippen LogP contribution in [0.3, 0.4) is 0 Å². The van der Waals surface area contributed by atoms with Gasteiger partial charge in [0.05, 0.1) is 11.1 Å². The van der Waals surface area contributed by atoms with Gasteiger partial charge >= 0.3 is 0 Å². The number of benzene rings is 1. The van der Waals surface area contributed by atoms with E-state index in [0.717, 1.165) is 10.9 Å². The Hall–Kier alpha value is -1.52. The third kappa shape index (κ3) is 2.67. The minimum atomic E-state index is -0.563. The number of aryl methyl sites for hydroxylation is 1. The maximum atomic E-state index is 12.3. The van der Waals surface area contributed by atoms with Gasteiger partial charge in [0.1, 0.15) is 5.69 Å². The first-order valence-corrected chi connectivity index (χ1v) is 7.00. The van der Waals surface area contributed by atoms with Crippen molar-refractivity contribution >= 4 is 28.4 Å². The van der Waals surface area contributed by atoms with Gasteiger partial charge < -0.3 is 15.0 Å². The van der Waals surface area contributed by atoms with Gasteiger partial charge in [-0.25, -0.2) is 0 Å². The first-order valence-electron chi connectivity index (χ1n) is 6.62. The molecule has 1 unspecified atom stereocenters. The monoisotopic (exact) mass is 294 g/mol. The molecule has 0 bridgehead atoms. The van der Waals surface area contributed by atoms with Crippen molar-refractivity contribution in [2.24, 2.45) is 13.0 Å². The van der Waals surface area contributed by atoms with Crippen molar-refractivity contribution in [1.82, 2.24) is 9.88 Å². The van der Waals surface area contributed by atoms with E-state index in [9.17, 15) is 9.90 Å². The SMILES string of the molecule is CC(C)C(O)CNC(=O)c1c(Cl)c2ccccc2n1C. The zero-order chi connectivity index (χ0) is 14.9. The van der Waals surface area contributed by atoms with Gasteiger partial charge in [0.25, 0.3) is 5.91 Å². The summed E-state index contributed by atoms with van der Waals surface area (Å²) in [6, 6.07) is 7.60. The predicted octanol–water partition coefficient (Wildman–Crippen LogP) is 2.58. The molecule has 1 heterocycles. The highest BCUT2D eigenvalue weighted by molar-refractivity contribution is 6.38. The molecule has 108 valence electrons. The summed E-state index contributed by atoms with van der Waals surface area (Å²) < 4.78 is 1.77. The van der Waals surface area contributed by atoms with Crippen LogP contribution < -0.4 is 5.32 Å². The van der Waals surface area contributed by atoms with Crippen molar-refractivity contribution in [2.45, 2.75) is 20.0 Å². The number of aliphatic hydroxyl groups excluding tert-OH is 1. The fourth-order valence-corrected chi connectivity index (χ4v) is 2.49. The lowest BCUT2D eigenvalue weighted by Crippen LogP contribution is -2.35. The van der Waals surface area contributed by atoms with Crippen molar-refractivity contribution in [3.05, 3.63) is 35.0 Å². The van der Waals surface area contributed by atoms with E-state index in [-0.39, 0.29) is 18.4 Å². The van der Waals surface area contributed by atoms with Crippen LogP contribution in [0.1, 0.15) is 24.3 Å². The first-order chi connectivity index (χ1) is 9.43. The molecule has 1 atom stereocenters. The fraction of sp³-hybridized carbons (Fsp3) is 0.400. The third-order valence-electron chi connectivity index (χ3n) is 3.50. The number of aromatic nitrogens is 1. The lowest BCUT2D eigenvalue weighted by Gasteiger charge is -2.15. The number of carbonyl (C=O) groups is 1. The Morgan fingerprint density at radius 1 is 1.40 bits per heavy atom. The van der Waals surface area contributed by atoms with Crippen LogP contribution >= 0.6 is 11.6 Å². The number of fused-ring (bicyclic) bond motifs is 1. The molecule has 1 aromatic carbocycles. The Morgan fingerprint density at radius 2 is 2.05 bits per heavy atom. The molecule has 2 aromatic rings. The minimum Gasteiger partial charge on any atom is -0.391 e. The van der Waals surface area contributed by atoms with Gasteiger partial charge in [0, 0.05) is 24.5 Å². The fourth-order valence-electron chi connectivity index (χ4n) is 2.12. The summed E-state index contributed by atoms with van der Waals surface area (Å²) in [5, 5.41) is 13.8. The molecule has 1 amide bonds. The van der Waals surface area contributed by atoms with E-state index in [4.69, 9.17) is 11.6 Å². The second-order valence-electron chi connectivity index (χ2n) is 5.26.